The standard InChI is InChI=1S/C16H28N6O.HI/c1-3-17-15(20-9-6-14-23-4-2)21-10-12-22(13-11-21)16-18-7-5-8-19-16;/h5,7-8H,3-4,6,9-14H2,1-2H3,(H,17,20);1H. The molecular weight excluding hydrogens is 419 g/mol. The van der Waals surface area contributed by atoms with E-state index in [2.05, 4.69) is 32.0 Å². The molecule has 1 N–H and O–H groups in total. The van der Waals surface area contributed by atoms with Crippen LogP contribution in [0.2, 0.25) is 0 Å². The van der Waals surface area contributed by atoms with Crippen molar-refractivity contribution in [1.29, 1.82) is 0 Å². The number of aromatic nitrogens is 2. The van der Waals surface area contributed by atoms with E-state index in [0.717, 1.165) is 70.8 Å². The smallest absolute Gasteiger partial charge is 0.225 e. The van der Waals surface area contributed by atoms with Crippen LogP contribution in [0.5, 0.6) is 0 Å². The number of hydrogen-bond acceptors (Lipinski definition) is 5. The van der Waals surface area contributed by atoms with Gasteiger partial charge >= 0.3 is 0 Å². The summed E-state index contributed by atoms with van der Waals surface area (Å²) in [4.78, 5) is 17.9. The number of hydrogen-bond donors (Lipinski definition) is 1. The summed E-state index contributed by atoms with van der Waals surface area (Å²) < 4.78 is 5.36. The zero-order valence-corrected chi connectivity index (χ0v) is 17.0. The number of nitrogens with zero attached hydrogens (tertiary/aromatic N) is 5. The average Bonchev–Trinajstić information content (AvgIpc) is 2.61. The Morgan fingerprint density at radius 3 is 2.54 bits per heavy atom. The zero-order valence-electron chi connectivity index (χ0n) is 14.6. The third kappa shape index (κ3) is 6.76. The molecule has 0 aromatic carbocycles. The Morgan fingerprint density at radius 2 is 1.92 bits per heavy atom. The Bertz CT molecular complexity index is 465. The number of aliphatic imine (C=N–C) groups is 1. The maximum atomic E-state index is 5.36. The van der Waals surface area contributed by atoms with Crippen LogP contribution in [0.15, 0.2) is 23.5 Å². The molecule has 0 aliphatic carbocycles. The molecule has 2 rings (SSSR count). The number of piperazine rings is 1. The molecule has 0 atom stereocenters. The van der Waals surface area contributed by atoms with Crippen LogP contribution < -0.4 is 10.2 Å². The summed E-state index contributed by atoms with van der Waals surface area (Å²) in [5.41, 5.74) is 0. The maximum absolute atomic E-state index is 5.36. The summed E-state index contributed by atoms with van der Waals surface area (Å²) in [7, 11) is 0. The van der Waals surface area contributed by atoms with Crippen LogP contribution in [0, 0.1) is 0 Å². The minimum Gasteiger partial charge on any atom is -0.382 e. The summed E-state index contributed by atoms with van der Waals surface area (Å²) in [6, 6.07) is 1.85. The van der Waals surface area contributed by atoms with Crippen LogP contribution in [-0.4, -0.2) is 73.3 Å². The molecule has 136 valence electrons. The van der Waals surface area contributed by atoms with Gasteiger partial charge in [0.25, 0.3) is 0 Å². The van der Waals surface area contributed by atoms with Gasteiger partial charge in [-0.1, -0.05) is 0 Å². The van der Waals surface area contributed by atoms with Gasteiger partial charge in [0.2, 0.25) is 5.95 Å². The highest BCUT2D eigenvalue weighted by atomic mass is 127. The maximum Gasteiger partial charge on any atom is 0.225 e. The first-order chi connectivity index (χ1) is 11.3. The second kappa shape index (κ2) is 12.2. The van der Waals surface area contributed by atoms with E-state index in [-0.39, 0.29) is 24.0 Å². The topological polar surface area (TPSA) is 65.9 Å². The van der Waals surface area contributed by atoms with E-state index < -0.39 is 0 Å². The third-order valence-electron chi connectivity index (χ3n) is 3.66. The number of guanidine groups is 1. The number of rotatable bonds is 7. The molecular formula is C16H29IN6O. The molecule has 24 heavy (non-hydrogen) atoms. The molecule has 0 spiro atoms. The first-order valence-corrected chi connectivity index (χ1v) is 8.48. The summed E-state index contributed by atoms with van der Waals surface area (Å²) in [6.45, 7) is 11.0. The second-order valence-electron chi connectivity index (χ2n) is 5.31. The lowest BCUT2D eigenvalue weighted by Crippen LogP contribution is -2.53. The normalized spacial score (nSPS) is 15.2. The first kappa shape index (κ1) is 20.9. The van der Waals surface area contributed by atoms with Crippen molar-refractivity contribution in [1.82, 2.24) is 20.2 Å². The van der Waals surface area contributed by atoms with Gasteiger partial charge in [-0.3, -0.25) is 4.99 Å². The lowest BCUT2D eigenvalue weighted by Gasteiger charge is -2.36. The quantitative estimate of drug-likeness (QED) is 0.296. The van der Waals surface area contributed by atoms with E-state index in [0.29, 0.717) is 0 Å². The van der Waals surface area contributed by atoms with Gasteiger partial charge in [0.1, 0.15) is 0 Å². The van der Waals surface area contributed by atoms with E-state index in [4.69, 9.17) is 9.73 Å². The fourth-order valence-corrected chi connectivity index (χ4v) is 2.49. The first-order valence-electron chi connectivity index (χ1n) is 8.48. The van der Waals surface area contributed by atoms with E-state index in [1.54, 1.807) is 12.4 Å². The predicted molar refractivity (Wildman–Crippen MR) is 108 cm³/mol. The molecule has 0 radical (unpaired) electrons. The van der Waals surface area contributed by atoms with Crippen LogP contribution >= 0.6 is 24.0 Å². The van der Waals surface area contributed by atoms with E-state index in [1.165, 1.54) is 0 Å². The monoisotopic (exact) mass is 448 g/mol. The zero-order chi connectivity index (χ0) is 16.3. The molecule has 1 aliphatic rings. The molecule has 0 saturated carbocycles. The molecule has 1 fully saturated rings. The van der Waals surface area contributed by atoms with Gasteiger partial charge in [-0.05, 0) is 26.3 Å². The summed E-state index contributed by atoms with van der Waals surface area (Å²) >= 11 is 0. The van der Waals surface area contributed by atoms with Crippen molar-refractivity contribution in [3.63, 3.8) is 0 Å². The number of anilines is 1. The fraction of sp³-hybridized carbons (Fsp3) is 0.688. The van der Waals surface area contributed by atoms with Gasteiger partial charge in [-0.15, -0.1) is 24.0 Å². The second-order valence-corrected chi connectivity index (χ2v) is 5.31. The number of nitrogens with one attached hydrogen (secondary N) is 1. The fourth-order valence-electron chi connectivity index (χ4n) is 2.49. The summed E-state index contributed by atoms with van der Waals surface area (Å²) in [5.74, 6) is 1.81. The third-order valence-corrected chi connectivity index (χ3v) is 3.66. The molecule has 1 aliphatic heterocycles. The number of halogens is 1. The molecule has 2 heterocycles. The van der Waals surface area contributed by atoms with E-state index >= 15 is 0 Å². The predicted octanol–water partition coefficient (Wildman–Crippen LogP) is 1.61. The van der Waals surface area contributed by atoms with Crippen molar-refractivity contribution in [3.8, 4) is 0 Å². The molecule has 8 heteroatoms. The Labute approximate surface area is 161 Å². The minimum absolute atomic E-state index is 0. The van der Waals surface area contributed by atoms with Crippen molar-refractivity contribution in [2.45, 2.75) is 20.3 Å². The highest BCUT2D eigenvalue weighted by Gasteiger charge is 2.20. The highest BCUT2D eigenvalue weighted by Crippen LogP contribution is 2.09. The Balaban J connectivity index is 0.00000288. The Morgan fingerprint density at radius 1 is 1.21 bits per heavy atom. The molecule has 1 aromatic rings. The van der Waals surface area contributed by atoms with Crippen molar-refractivity contribution in [2.24, 2.45) is 4.99 Å². The van der Waals surface area contributed by atoms with Crippen LogP contribution in [-0.2, 0) is 4.74 Å². The van der Waals surface area contributed by atoms with Gasteiger partial charge < -0.3 is 19.9 Å². The van der Waals surface area contributed by atoms with Gasteiger partial charge in [0.15, 0.2) is 5.96 Å². The van der Waals surface area contributed by atoms with Crippen LogP contribution in [0.25, 0.3) is 0 Å². The Hall–Kier alpha value is -1.16. The van der Waals surface area contributed by atoms with Crippen LogP contribution in [0.3, 0.4) is 0 Å². The SMILES string of the molecule is CCNC(=NCCCOCC)N1CCN(c2ncccn2)CC1.I. The molecule has 1 saturated heterocycles. The number of ether oxygens (including phenoxy) is 1. The van der Waals surface area contributed by atoms with Crippen molar-refractivity contribution in [3.05, 3.63) is 18.5 Å². The van der Waals surface area contributed by atoms with Crippen molar-refractivity contribution in [2.75, 3.05) is 57.4 Å². The van der Waals surface area contributed by atoms with Gasteiger partial charge in [-0.2, -0.15) is 0 Å². The summed E-state index contributed by atoms with van der Waals surface area (Å²) in [5, 5.41) is 3.38. The average molecular weight is 448 g/mol. The molecule has 7 nitrogen and oxygen atoms in total. The molecule has 0 unspecified atom stereocenters. The van der Waals surface area contributed by atoms with Crippen molar-refractivity contribution < 1.29 is 4.74 Å². The molecule has 0 bridgehead atoms. The highest BCUT2D eigenvalue weighted by molar-refractivity contribution is 14.0. The Kier molecular flexibility index (Phi) is 10.6. The summed E-state index contributed by atoms with van der Waals surface area (Å²) in [6.07, 6.45) is 4.54. The van der Waals surface area contributed by atoms with Gasteiger partial charge in [0, 0.05) is 64.9 Å². The minimum atomic E-state index is 0. The van der Waals surface area contributed by atoms with Crippen LogP contribution in [0.1, 0.15) is 20.3 Å². The lowest BCUT2D eigenvalue weighted by molar-refractivity contribution is 0.146. The van der Waals surface area contributed by atoms with Crippen LogP contribution in [0.4, 0.5) is 5.95 Å². The van der Waals surface area contributed by atoms with Gasteiger partial charge in [-0.25, -0.2) is 9.97 Å². The van der Waals surface area contributed by atoms with Gasteiger partial charge in [0.05, 0.1) is 0 Å². The van der Waals surface area contributed by atoms with E-state index in [1.807, 2.05) is 13.0 Å². The van der Waals surface area contributed by atoms with Crippen molar-refractivity contribution >= 4 is 35.9 Å². The largest absolute Gasteiger partial charge is 0.382 e. The molecule has 1 aromatic heterocycles. The van der Waals surface area contributed by atoms with E-state index in [9.17, 15) is 0 Å². The lowest BCUT2D eigenvalue weighted by atomic mass is 10.3. The molecule has 0 amide bonds.